The monoisotopic (exact) mass is 495 g/mol. The molecule has 4 rings (SSSR count). The predicted octanol–water partition coefficient (Wildman–Crippen LogP) is 4.82. The van der Waals surface area contributed by atoms with E-state index < -0.39 is 29.3 Å². The first kappa shape index (κ1) is 24.6. The summed E-state index contributed by atoms with van der Waals surface area (Å²) in [6, 6.07) is 8.09. The molecule has 1 amide bonds. The molecule has 0 atom stereocenters. The lowest BCUT2D eigenvalue weighted by Gasteiger charge is -2.34. The van der Waals surface area contributed by atoms with E-state index in [0.29, 0.717) is 55.7 Å². The zero-order chi connectivity index (χ0) is 25.2. The van der Waals surface area contributed by atoms with Gasteiger partial charge in [-0.2, -0.15) is 13.2 Å². The van der Waals surface area contributed by atoms with Crippen molar-refractivity contribution >= 4 is 5.91 Å². The highest BCUT2D eigenvalue weighted by atomic mass is 19.4. The lowest BCUT2D eigenvalue weighted by Crippen LogP contribution is -2.48. The Morgan fingerprint density at radius 1 is 1.09 bits per heavy atom. The number of alkyl halides is 3. The lowest BCUT2D eigenvalue weighted by atomic mass is 10.1. The molecule has 2 aromatic carbocycles. The van der Waals surface area contributed by atoms with Crippen LogP contribution in [0.3, 0.4) is 0 Å². The van der Waals surface area contributed by atoms with Gasteiger partial charge in [0.15, 0.2) is 17.3 Å². The zero-order valence-corrected chi connectivity index (χ0v) is 18.7. The topological polar surface area (TPSA) is 58.8 Å². The quantitative estimate of drug-likeness (QED) is 0.459. The van der Waals surface area contributed by atoms with Gasteiger partial charge in [-0.15, -0.1) is 0 Å². The number of carbonyl (C=O) groups is 1. The summed E-state index contributed by atoms with van der Waals surface area (Å²) in [4.78, 5) is 16.6. The molecule has 0 saturated carbocycles. The SMILES string of the molecule is Cc1onc(C(=O)N2CCN(Cc3cccc(C(F)(F)F)c3)CC2)c1COc1ccc(F)cc1F. The van der Waals surface area contributed by atoms with E-state index >= 15 is 0 Å². The van der Waals surface area contributed by atoms with Crippen molar-refractivity contribution in [3.8, 4) is 5.75 Å². The van der Waals surface area contributed by atoms with Gasteiger partial charge in [-0.3, -0.25) is 9.69 Å². The highest BCUT2D eigenvalue weighted by molar-refractivity contribution is 5.93. The Balaban J connectivity index is 1.37. The molecule has 1 aliphatic heterocycles. The lowest BCUT2D eigenvalue weighted by molar-refractivity contribution is -0.137. The molecule has 0 radical (unpaired) electrons. The first-order valence-corrected chi connectivity index (χ1v) is 10.8. The number of halogens is 5. The van der Waals surface area contributed by atoms with Crippen LogP contribution in [0.2, 0.25) is 0 Å². The van der Waals surface area contributed by atoms with Crippen LogP contribution in [0.1, 0.15) is 32.9 Å². The van der Waals surface area contributed by atoms with Crippen LogP contribution in [0.5, 0.6) is 5.75 Å². The predicted molar refractivity (Wildman–Crippen MR) is 115 cm³/mol. The molecule has 11 heteroatoms. The Morgan fingerprint density at radius 3 is 2.51 bits per heavy atom. The molecule has 1 aromatic heterocycles. The van der Waals surface area contributed by atoms with Crippen molar-refractivity contribution in [1.29, 1.82) is 0 Å². The number of amides is 1. The third-order valence-electron chi connectivity index (χ3n) is 5.77. The van der Waals surface area contributed by atoms with Crippen LogP contribution in [-0.4, -0.2) is 47.0 Å². The minimum atomic E-state index is -4.40. The summed E-state index contributed by atoms with van der Waals surface area (Å²) >= 11 is 0. The Morgan fingerprint density at radius 2 is 1.83 bits per heavy atom. The van der Waals surface area contributed by atoms with Gasteiger partial charge in [-0.25, -0.2) is 8.78 Å². The maximum atomic E-state index is 13.9. The first-order chi connectivity index (χ1) is 16.6. The zero-order valence-electron chi connectivity index (χ0n) is 18.7. The van der Waals surface area contributed by atoms with Crippen molar-refractivity contribution < 1.29 is 36.0 Å². The fourth-order valence-corrected chi connectivity index (χ4v) is 3.83. The molecule has 3 aromatic rings. The van der Waals surface area contributed by atoms with E-state index in [2.05, 4.69) is 5.16 Å². The number of rotatable bonds is 6. The van der Waals surface area contributed by atoms with Gasteiger partial charge < -0.3 is 14.2 Å². The van der Waals surface area contributed by atoms with Crippen LogP contribution < -0.4 is 4.74 Å². The number of benzene rings is 2. The summed E-state index contributed by atoms with van der Waals surface area (Å²) in [5, 5.41) is 3.84. The maximum absolute atomic E-state index is 13.9. The van der Waals surface area contributed by atoms with Crippen LogP contribution in [0.15, 0.2) is 47.0 Å². The normalized spacial score (nSPS) is 14.9. The highest BCUT2D eigenvalue weighted by Gasteiger charge is 2.31. The average molecular weight is 495 g/mol. The number of piperazine rings is 1. The molecule has 0 spiro atoms. The number of hydrogen-bond acceptors (Lipinski definition) is 5. The van der Waals surface area contributed by atoms with E-state index in [-0.39, 0.29) is 18.1 Å². The Kier molecular flexibility index (Phi) is 7.06. The van der Waals surface area contributed by atoms with E-state index in [1.165, 1.54) is 6.07 Å². The molecule has 1 saturated heterocycles. The average Bonchev–Trinajstić information content (AvgIpc) is 3.18. The van der Waals surface area contributed by atoms with Gasteiger partial charge in [0, 0.05) is 38.8 Å². The van der Waals surface area contributed by atoms with E-state index in [0.717, 1.165) is 24.3 Å². The number of nitrogens with zero attached hydrogens (tertiary/aromatic N) is 3. The van der Waals surface area contributed by atoms with Crippen LogP contribution in [0.25, 0.3) is 0 Å². The smallest absolute Gasteiger partial charge is 0.416 e. The highest BCUT2D eigenvalue weighted by Crippen LogP contribution is 2.30. The van der Waals surface area contributed by atoms with E-state index in [1.54, 1.807) is 17.9 Å². The molecule has 35 heavy (non-hydrogen) atoms. The minimum absolute atomic E-state index is 0.0383. The molecule has 0 bridgehead atoms. The number of aryl methyl sites for hydroxylation is 1. The number of ether oxygens (including phenoxy) is 1. The van der Waals surface area contributed by atoms with Crippen LogP contribution in [0, 0.1) is 18.6 Å². The van der Waals surface area contributed by atoms with Gasteiger partial charge in [0.1, 0.15) is 18.2 Å². The summed E-state index contributed by atoms with van der Waals surface area (Å²) in [5.74, 6) is -1.84. The summed E-state index contributed by atoms with van der Waals surface area (Å²) in [6.07, 6.45) is -4.40. The van der Waals surface area contributed by atoms with Crippen LogP contribution >= 0.6 is 0 Å². The Bertz CT molecular complexity index is 1200. The second-order valence-corrected chi connectivity index (χ2v) is 8.20. The fraction of sp³-hybridized carbons (Fsp3) is 0.333. The molecule has 186 valence electrons. The molecule has 0 unspecified atom stereocenters. The fourth-order valence-electron chi connectivity index (χ4n) is 3.83. The number of aromatic nitrogens is 1. The van der Waals surface area contributed by atoms with Crippen LogP contribution in [-0.2, 0) is 19.3 Å². The van der Waals surface area contributed by atoms with Gasteiger partial charge in [-0.1, -0.05) is 23.4 Å². The molecule has 6 nitrogen and oxygen atoms in total. The molecule has 1 fully saturated rings. The van der Waals surface area contributed by atoms with Crippen molar-refractivity contribution in [2.45, 2.75) is 26.3 Å². The van der Waals surface area contributed by atoms with Gasteiger partial charge in [0.05, 0.1) is 11.1 Å². The number of hydrogen-bond donors (Lipinski definition) is 0. The summed E-state index contributed by atoms with van der Waals surface area (Å²) in [7, 11) is 0. The summed E-state index contributed by atoms with van der Waals surface area (Å²) in [5.41, 5.74) is 0.237. The molecule has 2 heterocycles. The van der Waals surface area contributed by atoms with Crippen molar-refractivity contribution in [2.75, 3.05) is 26.2 Å². The molecular weight excluding hydrogens is 473 g/mol. The third kappa shape index (κ3) is 5.79. The van der Waals surface area contributed by atoms with Gasteiger partial charge in [0.2, 0.25) is 0 Å². The summed E-state index contributed by atoms with van der Waals surface area (Å²) < 4.78 is 76.4. The van der Waals surface area contributed by atoms with E-state index in [1.807, 2.05) is 4.90 Å². The molecule has 0 aliphatic carbocycles. The third-order valence-corrected chi connectivity index (χ3v) is 5.77. The van der Waals surface area contributed by atoms with Crippen LogP contribution in [0.4, 0.5) is 22.0 Å². The van der Waals surface area contributed by atoms with Gasteiger partial charge in [0.25, 0.3) is 5.91 Å². The second kappa shape index (κ2) is 10.0. The van der Waals surface area contributed by atoms with Gasteiger partial charge in [-0.05, 0) is 30.7 Å². The minimum Gasteiger partial charge on any atom is -0.486 e. The Labute approximate surface area is 197 Å². The molecule has 0 N–H and O–H groups in total. The standard InChI is InChI=1S/C24H22F5N3O3/c1-15-19(14-34-21-6-5-18(25)12-20(21)26)22(30-35-15)23(33)32-9-7-31(8-10-32)13-16-3-2-4-17(11-16)24(27,28)29/h2-6,11-12H,7-10,13-14H2,1H3. The van der Waals surface area contributed by atoms with Crippen molar-refractivity contribution in [2.24, 2.45) is 0 Å². The maximum Gasteiger partial charge on any atom is 0.416 e. The molecular formula is C24H22F5N3O3. The Hall–Kier alpha value is -3.47. The van der Waals surface area contributed by atoms with Crippen molar-refractivity contribution in [1.82, 2.24) is 15.0 Å². The van der Waals surface area contributed by atoms with Crippen molar-refractivity contribution in [3.05, 3.63) is 82.2 Å². The van der Waals surface area contributed by atoms with Gasteiger partial charge >= 0.3 is 6.18 Å². The molecule has 1 aliphatic rings. The second-order valence-electron chi connectivity index (χ2n) is 8.20. The van der Waals surface area contributed by atoms with E-state index in [9.17, 15) is 26.7 Å². The largest absolute Gasteiger partial charge is 0.486 e. The summed E-state index contributed by atoms with van der Waals surface area (Å²) in [6.45, 7) is 3.34. The number of carbonyl (C=O) groups excluding carboxylic acids is 1. The van der Waals surface area contributed by atoms with E-state index in [4.69, 9.17) is 9.26 Å². The first-order valence-electron chi connectivity index (χ1n) is 10.8. The van der Waals surface area contributed by atoms with Crippen molar-refractivity contribution in [3.63, 3.8) is 0 Å².